The number of hydrogen-bond donors (Lipinski definition) is 0. The van der Waals surface area contributed by atoms with Gasteiger partial charge in [0, 0.05) is 23.9 Å². The first-order chi connectivity index (χ1) is 6.74. The maximum absolute atomic E-state index is 10.9. The Hall–Kier alpha value is -1.53. The van der Waals surface area contributed by atoms with E-state index in [0.29, 0.717) is 17.2 Å². The molecule has 0 atom stereocenters. The van der Waals surface area contributed by atoms with Crippen LogP contribution in [0.1, 0.15) is 12.5 Å². The number of nitrogens with zero attached hydrogens (tertiary/aromatic N) is 1. The summed E-state index contributed by atoms with van der Waals surface area (Å²) in [6.07, 6.45) is 3.03. The highest BCUT2D eigenvalue weighted by molar-refractivity contribution is 6.31. The molecule has 72 valence electrons. The Morgan fingerprint density at radius 2 is 2.50 bits per heavy atom. The maximum Gasteiger partial charge on any atom is 0.384 e. The molecule has 0 saturated carbocycles. The van der Waals surface area contributed by atoms with Gasteiger partial charge in [0.2, 0.25) is 0 Å². The molecular weight excluding hydrogens is 202 g/mol. The summed E-state index contributed by atoms with van der Waals surface area (Å²) < 4.78 is 4.63. The molecule has 14 heavy (non-hydrogen) atoms. The molecule has 1 aromatic heterocycles. The number of esters is 1. The Kier molecular flexibility index (Phi) is 3.96. The van der Waals surface area contributed by atoms with Crippen molar-refractivity contribution < 1.29 is 9.53 Å². The van der Waals surface area contributed by atoms with Crippen molar-refractivity contribution in [1.82, 2.24) is 4.98 Å². The van der Waals surface area contributed by atoms with E-state index in [1.54, 1.807) is 19.2 Å². The van der Waals surface area contributed by atoms with Crippen LogP contribution in [0.3, 0.4) is 0 Å². The molecule has 1 rings (SSSR count). The topological polar surface area (TPSA) is 39.2 Å². The van der Waals surface area contributed by atoms with E-state index in [1.807, 2.05) is 0 Å². The number of pyridine rings is 1. The number of carbonyl (C=O) groups is 1. The van der Waals surface area contributed by atoms with Crippen molar-refractivity contribution in [1.29, 1.82) is 0 Å². The minimum Gasteiger partial charge on any atom is -0.456 e. The van der Waals surface area contributed by atoms with Crippen molar-refractivity contribution in [3.8, 4) is 11.8 Å². The van der Waals surface area contributed by atoms with Crippen LogP contribution in [-0.2, 0) is 9.53 Å². The fourth-order valence-corrected chi connectivity index (χ4v) is 0.929. The van der Waals surface area contributed by atoms with E-state index < -0.39 is 5.97 Å². The molecule has 0 aliphatic heterocycles. The van der Waals surface area contributed by atoms with Crippen molar-refractivity contribution in [2.45, 2.75) is 6.92 Å². The predicted octanol–water partition coefficient (Wildman–Crippen LogP) is 1.65. The molecule has 0 unspecified atom stereocenters. The van der Waals surface area contributed by atoms with Crippen molar-refractivity contribution >= 4 is 17.6 Å². The summed E-state index contributed by atoms with van der Waals surface area (Å²) in [6.45, 7) is 2.04. The molecule has 0 amide bonds. The quantitative estimate of drug-likeness (QED) is 0.522. The zero-order chi connectivity index (χ0) is 10.4. The van der Waals surface area contributed by atoms with Gasteiger partial charge in [-0.3, -0.25) is 4.98 Å². The second kappa shape index (κ2) is 5.25. The molecule has 0 saturated heterocycles. The van der Waals surface area contributed by atoms with Gasteiger partial charge in [0.05, 0.1) is 11.6 Å². The molecular formula is C10H8ClNO2. The van der Waals surface area contributed by atoms with Gasteiger partial charge in [-0.25, -0.2) is 4.79 Å². The lowest BCUT2D eigenvalue weighted by Gasteiger charge is -1.93. The van der Waals surface area contributed by atoms with E-state index >= 15 is 0 Å². The van der Waals surface area contributed by atoms with Crippen LogP contribution < -0.4 is 0 Å². The number of rotatable bonds is 1. The minimum atomic E-state index is -0.555. The summed E-state index contributed by atoms with van der Waals surface area (Å²) in [5.74, 6) is 4.36. The van der Waals surface area contributed by atoms with Gasteiger partial charge in [-0.05, 0) is 13.0 Å². The molecule has 4 heteroatoms. The van der Waals surface area contributed by atoms with E-state index in [9.17, 15) is 4.79 Å². The number of carbonyl (C=O) groups excluding carboxylic acids is 1. The zero-order valence-electron chi connectivity index (χ0n) is 7.58. The highest BCUT2D eigenvalue weighted by Crippen LogP contribution is 2.11. The van der Waals surface area contributed by atoms with E-state index in [2.05, 4.69) is 21.6 Å². The Labute approximate surface area is 87.1 Å². The smallest absolute Gasteiger partial charge is 0.384 e. The second-order valence-electron chi connectivity index (χ2n) is 2.33. The Morgan fingerprint density at radius 3 is 3.14 bits per heavy atom. The summed E-state index contributed by atoms with van der Waals surface area (Å²) in [7, 11) is 0. The lowest BCUT2D eigenvalue weighted by atomic mass is 10.3. The van der Waals surface area contributed by atoms with Crippen molar-refractivity contribution in [2.75, 3.05) is 6.61 Å². The van der Waals surface area contributed by atoms with Gasteiger partial charge in [0.25, 0.3) is 0 Å². The molecule has 0 aliphatic carbocycles. The molecule has 0 N–H and O–H groups in total. The van der Waals surface area contributed by atoms with Crippen molar-refractivity contribution in [3.63, 3.8) is 0 Å². The van der Waals surface area contributed by atoms with Gasteiger partial charge in [0.1, 0.15) is 0 Å². The van der Waals surface area contributed by atoms with E-state index in [4.69, 9.17) is 11.6 Å². The summed E-state index contributed by atoms with van der Waals surface area (Å²) in [4.78, 5) is 14.7. The molecule has 0 aromatic carbocycles. The molecule has 1 aromatic rings. The summed E-state index contributed by atoms with van der Waals surface area (Å²) in [5, 5.41) is 0.421. The molecule has 0 bridgehead atoms. The standard InChI is InChI=1S/C10H8ClNO2/c1-2-14-10(13)4-3-8-5-6-12-7-9(8)11/h5-7H,2H2,1H3. The van der Waals surface area contributed by atoms with Gasteiger partial charge in [-0.15, -0.1) is 0 Å². The zero-order valence-corrected chi connectivity index (χ0v) is 8.34. The summed E-state index contributed by atoms with van der Waals surface area (Å²) in [6, 6.07) is 1.63. The summed E-state index contributed by atoms with van der Waals surface area (Å²) in [5.41, 5.74) is 0.565. The average molecular weight is 210 g/mol. The van der Waals surface area contributed by atoms with Crippen LogP contribution in [0.5, 0.6) is 0 Å². The summed E-state index contributed by atoms with van der Waals surface area (Å²) >= 11 is 5.77. The molecule has 0 radical (unpaired) electrons. The highest BCUT2D eigenvalue weighted by Gasteiger charge is 1.96. The number of ether oxygens (including phenoxy) is 1. The first kappa shape index (κ1) is 10.6. The van der Waals surface area contributed by atoms with Crippen LogP contribution in [0.25, 0.3) is 0 Å². The highest BCUT2D eigenvalue weighted by atomic mass is 35.5. The third-order valence-corrected chi connectivity index (χ3v) is 1.65. The molecule has 3 nitrogen and oxygen atoms in total. The minimum absolute atomic E-state index is 0.317. The van der Waals surface area contributed by atoms with Gasteiger partial charge in [-0.2, -0.15) is 0 Å². The predicted molar refractivity (Wildman–Crippen MR) is 52.8 cm³/mol. The van der Waals surface area contributed by atoms with Gasteiger partial charge in [-0.1, -0.05) is 17.5 Å². The van der Waals surface area contributed by atoms with Crippen LogP contribution in [0, 0.1) is 11.8 Å². The fraction of sp³-hybridized carbons (Fsp3) is 0.200. The third kappa shape index (κ3) is 3.08. The normalized spacial score (nSPS) is 8.71. The first-order valence-corrected chi connectivity index (χ1v) is 4.40. The van der Waals surface area contributed by atoms with Gasteiger partial charge < -0.3 is 4.74 Å². The molecule has 0 aliphatic rings. The molecule has 0 spiro atoms. The van der Waals surface area contributed by atoms with Crippen molar-refractivity contribution in [2.24, 2.45) is 0 Å². The van der Waals surface area contributed by atoms with Crippen LogP contribution in [0.4, 0.5) is 0 Å². The monoisotopic (exact) mass is 209 g/mol. The number of aromatic nitrogens is 1. The van der Waals surface area contributed by atoms with Gasteiger partial charge >= 0.3 is 5.97 Å². The SMILES string of the molecule is CCOC(=O)C#Cc1ccncc1Cl. The Balaban J connectivity index is 2.77. The molecule has 0 fully saturated rings. The molecule has 1 heterocycles. The largest absolute Gasteiger partial charge is 0.456 e. The number of halogens is 1. The third-order valence-electron chi connectivity index (χ3n) is 1.35. The Bertz CT molecular complexity index is 393. The second-order valence-corrected chi connectivity index (χ2v) is 2.73. The van der Waals surface area contributed by atoms with Crippen LogP contribution in [-0.4, -0.2) is 17.6 Å². The van der Waals surface area contributed by atoms with E-state index in [0.717, 1.165) is 0 Å². The van der Waals surface area contributed by atoms with Gasteiger partial charge in [0.15, 0.2) is 0 Å². The van der Waals surface area contributed by atoms with E-state index in [1.165, 1.54) is 6.20 Å². The fourth-order valence-electron chi connectivity index (χ4n) is 0.762. The first-order valence-electron chi connectivity index (χ1n) is 4.02. The lowest BCUT2D eigenvalue weighted by Crippen LogP contribution is -1.99. The van der Waals surface area contributed by atoms with Crippen molar-refractivity contribution in [3.05, 3.63) is 29.0 Å². The van der Waals surface area contributed by atoms with Crippen LogP contribution in [0.15, 0.2) is 18.5 Å². The number of hydrogen-bond acceptors (Lipinski definition) is 3. The lowest BCUT2D eigenvalue weighted by molar-refractivity contribution is -0.136. The van der Waals surface area contributed by atoms with Crippen LogP contribution >= 0.6 is 11.6 Å². The maximum atomic E-state index is 10.9. The average Bonchev–Trinajstić information content (AvgIpc) is 2.17. The van der Waals surface area contributed by atoms with E-state index in [-0.39, 0.29) is 0 Å². The Morgan fingerprint density at radius 1 is 1.71 bits per heavy atom. The van der Waals surface area contributed by atoms with Crippen LogP contribution in [0.2, 0.25) is 5.02 Å².